The summed E-state index contributed by atoms with van der Waals surface area (Å²) in [4.78, 5) is 13.6. The molecular formula is C13H16F2N2O2. The van der Waals surface area contributed by atoms with Gasteiger partial charge in [0.2, 0.25) is 0 Å². The van der Waals surface area contributed by atoms with Crippen molar-refractivity contribution in [3.05, 3.63) is 35.4 Å². The number of rotatable bonds is 3. The van der Waals surface area contributed by atoms with Crippen molar-refractivity contribution in [3.63, 3.8) is 0 Å². The molecule has 1 amide bonds. The first kappa shape index (κ1) is 13.9. The lowest BCUT2D eigenvalue weighted by Crippen LogP contribution is -2.48. The molecule has 1 aliphatic rings. The molecule has 104 valence electrons. The van der Waals surface area contributed by atoms with Crippen molar-refractivity contribution in [1.82, 2.24) is 10.2 Å². The second-order valence-electron chi connectivity index (χ2n) is 4.40. The number of amides is 1. The molecule has 1 aromatic rings. The maximum absolute atomic E-state index is 13.6. The van der Waals surface area contributed by atoms with E-state index >= 15 is 0 Å². The van der Waals surface area contributed by atoms with Crippen LogP contribution in [0, 0.1) is 11.6 Å². The number of nitrogens with one attached hydrogen (secondary N) is 1. The summed E-state index contributed by atoms with van der Waals surface area (Å²) in [7, 11) is 1.78. The molecule has 19 heavy (non-hydrogen) atoms. The van der Waals surface area contributed by atoms with Crippen LogP contribution in [0.25, 0.3) is 0 Å². The van der Waals surface area contributed by atoms with Gasteiger partial charge < -0.3 is 15.0 Å². The van der Waals surface area contributed by atoms with Gasteiger partial charge in [-0.2, -0.15) is 0 Å². The van der Waals surface area contributed by atoms with Crippen LogP contribution in [0.3, 0.4) is 0 Å². The predicted octanol–water partition coefficient (Wildman–Crippen LogP) is 1.03. The van der Waals surface area contributed by atoms with Crippen molar-refractivity contribution in [2.24, 2.45) is 0 Å². The molecule has 0 saturated carbocycles. The van der Waals surface area contributed by atoms with Crippen LogP contribution in [-0.4, -0.2) is 50.2 Å². The molecule has 0 aromatic heterocycles. The third-order valence-electron chi connectivity index (χ3n) is 3.03. The lowest BCUT2D eigenvalue weighted by Gasteiger charge is -2.33. The van der Waals surface area contributed by atoms with Crippen LogP contribution in [0.4, 0.5) is 8.78 Å². The predicted molar refractivity (Wildman–Crippen MR) is 65.9 cm³/mol. The van der Waals surface area contributed by atoms with Gasteiger partial charge in [-0.1, -0.05) is 6.07 Å². The number of hydrogen-bond donors (Lipinski definition) is 1. The van der Waals surface area contributed by atoms with Crippen molar-refractivity contribution in [2.45, 2.75) is 6.10 Å². The smallest absolute Gasteiger partial charge is 0.259 e. The Labute approximate surface area is 110 Å². The molecular weight excluding hydrogens is 254 g/mol. The SMILES string of the molecule is CNCC1CN(C(=O)c2c(F)cccc2F)CCO1. The van der Waals surface area contributed by atoms with Crippen LogP contribution in [0.15, 0.2) is 18.2 Å². The lowest BCUT2D eigenvalue weighted by molar-refractivity contribution is -0.0199. The van der Waals surface area contributed by atoms with Crippen LogP contribution < -0.4 is 5.32 Å². The number of carbonyl (C=O) groups excluding carboxylic acids is 1. The van der Waals surface area contributed by atoms with E-state index in [0.717, 1.165) is 12.1 Å². The van der Waals surface area contributed by atoms with Gasteiger partial charge in [-0.15, -0.1) is 0 Å². The number of halogens is 2. The third kappa shape index (κ3) is 3.08. The minimum absolute atomic E-state index is 0.155. The molecule has 1 unspecified atom stereocenters. The van der Waals surface area contributed by atoms with E-state index in [4.69, 9.17) is 4.74 Å². The quantitative estimate of drug-likeness (QED) is 0.892. The minimum atomic E-state index is -0.832. The summed E-state index contributed by atoms with van der Waals surface area (Å²) >= 11 is 0. The maximum Gasteiger partial charge on any atom is 0.259 e. The van der Waals surface area contributed by atoms with E-state index in [-0.39, 0.29) is 6.10 Å². The molecule has 0 spiro atoms. The zero-order valence-electron chi connectivity index (χ0n) is 10.7. The molecule has 2 rings (SSSR count). The highest BCUT2D eigenvalue weighted by molar-refractivity contribution is 5.94. The summed E-state index contributed by atoms with van der Waals surface area (Å²) in [5.41, 5.74) is -0.493. The summed E-state index contributed by atoms with van der Waals surface area (Å²) in [6.07, 6.45) is -0.155. The second-order valence-corrected chi connectivity index (χ2v) is 4.40. The van der Waals surface area contributed by atoms with Crippen LogP contribution in [-0.2, 0) is 4.74 Å². The molecule has 0 aliphatic carbocycles. The van der Waals surface area contributed by atoms with E-state index in [1.807, 2.05) is 0 Å². The van der Waals surface area contributed by atoms with E-state index in [9.17, 15) is 13.6 Å². The number of likely N-dealkylation sites (N-methyl/N-ethyl adjacent to an activating group) is 1. The topological polar surface area (TPSA) is 41.6 Å². The van der Waals surface area contributed by atoms with E-state index in [2.05, 4.69) is 5.32 Å². The fraction of sp³-hybridized carbons (Fsp3) is 0.462. The average molecular weight is 270 g/mol. The Morgan fingerprint density at radius 1 is 1.47 bits per heavy atom. The Morgan fingerprint density at radius 2 is 2.16 bits per heavy atom. The molecule has 1 aromatic carbocycles. The Kier molecular flexibility index (Phi) is 4.44. The monoisotopic (exact) mass is 270 g/mol. The number of ether oxygens (including phenoxy) is 1. The number of nitrogens with zero attached hydrogens (tertiary/aromatic N) is 1. The van der Waals surface area contributed by atoms with Gasteiger partial charge in [-0.3, -0.25) is 4.79 Å². The summed E-state index contributed by atoms with van der Waals surface area (Å²) in [5, 5.41) is 2.95. The second kappa shape index (κ2) is 6.08. The fourth-order valence-corrected chi connectivity index (χ4v) is 2.12. The minimum Gasteiger partial charge on any atom is -0.373 e. The number of morpholine rings is 1. The van der Waals surface area contributed by atoms with Gasteiger partial charge in [0, 0.05) is 19.6 Å². The Hall–Kier alpha value is -1.53. The number of carbonyl (C=O) groups is 1. The highest BCUT2D eigenvalue weighted by Gasteiger charge is 2.28. The van der Waals surface area contributed by atoms with Crippen LogP contribution in [0.5, 0.6) is 0 Å². The molecule has 1 N–H and O–H groups in total. The van der Waals surface area contributed by atoms with E-state index in [1.54, 1.807) is 7.05 Å². The molecule has 1 aliphatic heterocycles. The normalized spacial score (nSPS) is 19.5. The number of hydrogen-bond acceptors (Lipinski definition) is 3. The first-order chi connectivity index (χ1) is 9.13. The van der Waals surface area contributed by atoms with Crippen LogP contribution in [0.2, 0.25) is 0 Å². The Morgan fingerprint density at radius 3 is 2.79 bits per heavy atom. The molecule has 0 radical (unpaired) electrons. The molecule has 1 heterocycles. The molecule has 1 fully saturated rings. The van der Waals surface area contributed by atoms with Crippen molar-refractivity contribution < 1.29 is 18.3 Å². The molecule has 4 nitrogen and oxygen atoms in total. The largest absolute Gasteiger partial charge is 0.373 e. The van der Waals surface area contributed by atoms with Gasteiger partial charge in [0.05, 0.1) is 12.7 Å². The summed E-state index contributed by atoms with van der Waals surface area (Å²) < 4.78 is 32.6. The third-order valence-corrected chi connectivity index (χ3v) is 3.03. The highest BCUT2D eigenvalue weighted by atomic mass is 19.1. The van der Waals surface area contributed by atoms with Gasteiger partial charge in [0.25, 0.3) is 5.91 Å². The van der Waals surface area contributed by atoms with E-state index in [1.165, 1.54) is 11.0 Å². The first-order valence-corrected chi connectivity index (χ1v) is 6.13. The Bertz CT molecular complexity index is 446. The van der Waals surface area contributed by atoms with E-state index < -0.39 is 23.1 Å². The van der Waals surface area contributed by atoms with Gasteiger partial charge in [0.1, 0.15) is 17.2 Å². The molecule has 1 atom stereocenters. The molecule has 1 saturated heterocycles. The van der Waals surface area contributed by atoms with Gasteiger partial charge in [-0.25, -0.2) is 8.78 Å². The summed E-state index contributed by atoms with van der Waals surface area (Å²) in [6.45, 7) is 1.62. The van der Waals surface area contributed by atoms with Crippen LogP contribution in [0.1, 0.15) is 10.4 Å². The zero-order valence-corrected chi connectivity index (χ0v) is 10.7. The van der Waals surface area contributed by atoms with Crippen molar-refractivity contribution in [1.29, 1.82) is 0 Å². The van der Waals surface area contributed by atoms with Crippen molar-refractivity contribution >= 4 is 5.91 Å². The number of benzene rings is 1. The Balaban J connectivity index is 2.15. The van der Waals surface area contributed by atoms with Crippen LogP contribution >= 0.6 is 0 Å². The summed E-state index contributed by atoms with van der Waals surface area (Å²) in [5.74, 6) is -2.29. The molecule has 6 heteroatoms. The van der Waals surface area contributed by atoms with Crippen molar-refractivity contribution in [3.8, 4) is 0 Å². The fourth-order valence-electron chi connectivity index (χ4n) is 2.12. The van der Waals surface area contributed by atoms with E-state index in [0.29, 0.717) is 26.2 Å². The van der Waals surface area contributed by atoms with Gasteiger partial charge in [0.15, 0.2) is 0 Å². The molecule has 0 bridgehead atoms. The standard InChI is InChI=1S/C13H16F2N2O2/c1-16-7-9-8-17(5-6-19-9)13(18)12-10(14)3-2-4-11(12)15/h2-4,9,16H,5-8H2,1H3. The summed E-state index contributed by atoms with van der Waals surface area (Å²) in [6, 6.07) is 3.41. The van der Waals surface area contributed by atoms with Crippen molar-refractivity contribution in [2.75, 3.05) is 33.3 Å². The lowest BCUT2D eigenvalue weighted by atomic mass is 10.1. The zero-order chi connectivity index (χ0) is 13.8. The van der Waals surface area contributed by atoms with Gasteiger partial charge in [-0.05, 0) is 19.2 Å². The maximum atomic E-state index is 13.6. The average Bonchev–Trinajstić information content (AvgIpc) is 2.39. The first-order valence-electron chi connectivity index (χ1n) is 6.13. The van der Waals surface area contributed by atoms with Gasteiger partial charge >= 0.3 is 0 Å². The highest BCUT2D eigenvalue weighted by Crippen LogP contribution is 2.16.